The van der Waals surface area contributed by atoms with E-state index in [1.165, 1.54) is 10.5 Å². The Kier molecular flexibility index (Phi) is 3.51. The molecule has 0 amide bonds. The highest BCUT2D eigenvalue weighted by atomic mass is 32.1. The highest BCUT2D eigenvalue weighted by molar-refractivity contribution is 7.11. The molecule has 1 aliphatic heterocycles. The molecule has 0 saturated carbocycles. The molecule has 1 aliphatic rings. The molecule has 0 unspecified atom stereocenters. The zero-order chi connectivity index (χ0) is 10.7. The van der Waals surface area contributed by atoms with Crippen LogP contribution in [0, 0.1) is 6.92 Å². The van der Waals surface area contributed by atoms with Gasteiger partial charge in [-0.15, -0.1) is 11.3 Å². The van der Waals surface area contributed by atoms with E-state index >= 15 is 0 Å². The van der Waals surface area contributed by atoms with Gasteiger partial charge in [-0.05, 0) is 19.4 Å². The molecule has 82 valence electrons. The summed E-state index contributed by atoms with van der Waals surface area (Å²) in [6.07, 6.45) is 1.96. The van der Waals surface area contributed by atoms with Crippen molar-refractivity contribution in [2.75, 3.05) is 19.6 Å². The molecule has 4 heteroatoms. The Balaban J connectivity index is 1.75. The molecule has 2 rings (SSSR count). The molecule has 1 fully saturated rings. The van der Waals surface area contributed by atoms with Crippen LogP contribution >= 0.6 is 11.3 Å². The zero-order valence-electron chi connectivity index (χ0n) is 9.26. The third-order valence-electron chi connectivity index (χ3n) is 2.64. The van der Waals surface area contributed by atoms with Crippen LogP contribution in [0.5, 0.6) is 0 Å². The van der Waals surface area contributed by atoms with Crippen molar-refractivity contribution in [3.63, 3.8) is 0 Å². The van der Waals surface area contributed by atoms with E-state index in [2.05, 4.69) is 22.5 Å². The number of hydrogen-bond acceptors (Lipinski definition) is 4. The first-order valence-electron chi connectivity index (χ1n) is 5.26. The topological polar surface area (TPSA) is 37.0 Å². The summed E-state index contributed by atoms with van der Waals surface area (Å²) < 4.78 is 0. The van der Waals surface area contributed by atoms with Gasteiger partial charge in [-0.25, -0.2) is 4.98 Å². The Hall–Kier alpha value is -0.710. The van der Waals surface area contributed by atoms with E-state index in [1.54, 1.807) is 16.9 Å². The minimum Gasteiger partial charge on any atom is -0.309 e. The van der Waals surface area contributed by atoms with Crippen LogP contribution in [0.4, 0.5) is 0 Å². The van der Waals surface area contributed by atoms with E-state index in [-0.39, 0.29) is 0 Å². The lowest BCUT2D eigenvalue weighted by atomic mass is 10.0. The summed E-state index contributed by atoms with van der Waals surface area (Å²) in [4.78, 5) is 5.55. The molecule has 15 heavy (non-hydrogen) atoms. The first kappa shape index (κ1) is 10.8. The molecule has 2 N–H and O–H groups in total. The number of nitrogens with one attached hydrogen (secondary N) is 2. The fourth-order valence-corrected chi connectivity index (χ4v) is 2.30. The maximum atomic E-state index is 4.23. The molecule has 3 nitrogen and oxygen atoms in total. The number of thiazole rings is 1. The van der Waals surface area contributed by atoms with Gasteiger partial charge in [0.15, 0.2) is 0 Å². The molecular formula is C11H17N3S. The minimum absolute atomic E-state index is 0.934. The van der Waals surface area contributed by atoms with Crippen LogP contribution in [-0.4, -0.2) is 24.6 Å². The molecule has 1 saturated heterocycles. The first-order valence-corrected chi connectivity index (χ1v) is 6.07. The van der Waals surface area contributed by atoms with E-state index in [1.807, 2.05) is 13.1 Å². The van der Waals surface area contributed by atoms with Gasteiger partial charge in [0.05, 0.1) is 5.01 Å². The summed E-state index contributed by atoms with van der Waals surface area (Å²) in [7, 11) is 0. The van der Waals surface area contributed by atoms with Gasteiger partial charge in [-0.3, -0.25) is 0 Å². The van der Waals surface area contributed by atoms with Gasteiger partial charge >= 0.3 is 0 Å². The number of rotatable bonds is 4. The van der Waals surface area contributed by atoms with Crippen LogP contribution < -0.4 is 10.6 Å². The number of nitrogens with zero attached hydrogens (tertiary/aromatic N) is 1. The van der Waals surface area contributed by atoms with Gasteiger partial charge in [0.1, 0.15) is 0 Å². The SMILES string of the molecule is CC(CNCc1cnc(C)s1)=C1CNC1. The average Bonchev–Trinajstić information content (AvgIpc) is 2.48. The lowest BCUT2D eigenvalue weighted by Crippen LogP contribution is -2.36. The summed E-state index contributed by atoms with van der Waals surface area (Å²) >= 11 is 1.77. The van der Waals surface area contributed by atoms with Crippen molar-refractivity contribution >= 4 is 11.3 Å². The summed E-state index contributed by atoms with van der Waals surface area (Å²) in [5.74, 6) is 0. The fraction of sp³-hybridized carbons (Fsp3) is 0.545. The molecule has 0 radical (unpaired) electrons. The van der Waals surface area contributed by atoms with Crippen molar-refractivity contribution in [3.05, 3.63) is 27.2 Å². The Bertz CT molecular complexity index is 362. The van der Waals surface area contributed by atoms with Crippen LogP contribution in [0.2, 0.25) is 0 Å². The number of aromatic nitrogens is 1. The molecule has 1 aromatic rings. The fourth-order valence-electron chi connectivity index (χ4n) is 1.54. The van der Waals surface area contributed by atoms with Crippen LogP contribution in [-0.2, 0) is 6.54 Å². The molecule has 0 spiro atoms. The van der Waals surface area contributed by atoms with Crippen LogP contribution in [0.1, 0.15) is 16.8 Å². The van der Waals surface area contributed by atoms with Crippen molar-refractivity contribution < 1.29 is 0 Å². The summed E-state index contributed by atoms with van der Waals surface area (Å²) in [6, 6.07) is 0. The van der Waals surface area contributed by atoms with Crippen molar-refractivity contribution in [1.82, 2.24) is 15.6 Å². The Morgan fingerprint density at radius 3 is 2.93 bits per heavy atom. The quantitative estimate of drug-likeness (QED) is 0.759. The second-order valence-corrected chi connectivity index (χ2v) is 5.26. The minimum atomic E-state index is 0.934. The van der Waals surface area contributed by atoms with E-state index in [0.29, 0.717) is 0 Å². The van der Waals surface area contributed by atoms with Gasteiger partial charge in [-0.2, -0.15) is 0 Å². The van der Waals surface area contributed by atoms with E-state index in [9.17, 15) is 0 Å². The van der Waals surface area contributed by atoms with Crippen LogP contribution in [0.3, 0.4) is 0 Å². The third-order valence-corrected chi connectivity index (χ3v) is 3.55. The van der Waals surface area contributed by atoms with Crippen LogP contribution in [0.15, 0.2) is 17.3 Å². The molecule has 0 atom stereocenters. The third kappa shape index (κ3) is 2.87. The predicted octanol–water partition coefficient (Wildman–Crippen LogP) is 1.46. The second kappa shape index (κ2) is 4.88. The van der Waals surface area contributed by atoms with Crippen LogP contribution in [0.25, 0.3) is 0 Å². The highest BCUT2D eigenvalue weighted by Crippen LogP contribution is 2.11. The lowest BCUT2D eigenvalue weighted by molar-refractivity contribution is 0.641. The molecule has 2 heterocycles. The van der Waals surface area contributed by atoms with Crippen molar-refractivity contribution in [2.24, 2.45) is 0 Å². The largest absolute Gasteiger partial charge is 0.309 e. The van der Waals surface area contributed by atoms with Gasteiger partial charge in [0, 0.05) is 37.3 Å². The molecule has 0 aliphatic carbocycles. The molecule has 1 aromatic heterocycles. The van der Waals surface area contributed by atoms with E-state index in [0.717, 1.165) is 31.2 Å². The monoisotopic (exact) mass is 223 g/mol. The summed E-state index contributed by atoms with van der Waals surface area (Å²) in [6.45, 7) is 8.33. The predicted molar refractivity (Wildman–Crippen MR) is 64.1 cm³/mol. The zero-order valence-corrected chi connectivity index (χ0v) is 10.1. The van der Waals surface area contributed by atoms with Crippen molar-refractivity contribution in [3.8, 4) is 0 Å². The highest BCUT2D eigenvalue weighted by Gasteiger charge is 2.09. The smallest absolute Gasteiger partial charge is 0.0897 e. The number of hydrogen-bond donors (Lipinski definition) is 2. The maximum absolute atomic E-state index is 4.23. The van der Waals surface area contributed by atoms with Gasteiger partial charge in [-0.1, -0.05) is 5.57 Å². The normalized spacial score (nSPS) is 15.2. The first-order chi connectivity index (χ1) is 7.25. The Morgan fingerprint density at radius 2 is 2.40 bits per heavy atom. The van der Waals surface area contributed by atoms with E-state index in [4.69, 9.17) is 0 Å². The van der Waals surface area contributed by atoms with Crippen molar-refractivity contribution in [2.45, 2.75) is 20.4 Å². The second-order valence-electron chi connectivity index (χ2n) is 3.94. The molecule has 0 bridgehead atoms. The molecular weight excluding hydrogens is 206 g/mol. The summed E-state index contributed by atoms with van der Waals surface area (Å²) in [5, 5.41) is 7.85. The van der Waals surface area contributed by atoms with Gasteiger partial charge in [0.2, 0.25) is 0 Å². The average molecular weight is 223 g/mol. The van der Waals surface area contributed by atoms with Crippen molar-refractivity contribution in [1.29, 1.82) is 0 Å². The summed E-state index contributed by atoms with van der Waals surface area (Å²) in [5.41, 5.74) is 3.04. The van der Waals surface area contributed by atoms with E-state index < -0.39 is 0 Å². The maximum Gasteiger partial charge on any atom is 0.0897 e. The standard InChI is InChI=1S/C11H17N3S/c1-8(10-4-13-5-10)3-12-6-11-7-14-9(2)15-11/h7,12-13H,3-6H2,1-2H3. The lowest BCUT2D eigenvalue weighted by Gasteiger charge is -2.22. The van der Waals surface area contributed by atoms with Gasteiger partial charge < -0.3 is 10.6 Å². The Morgan fingerprint density at radius 1 is 1.60 bits per heavy atom. The van der Waals surface area contributed by atoms with Gasteiger partial charge in [0.25, 0.3) is 0 Å². The Labute approximate surface area is 94.6 Å². The number of aryl methyl sites for hydroxylation is 1. The molecule has 0 aromatic carbocycles.